The highest BCUT2D eigenvalue weighted by Crippen LogP contribution is 2.32. The summed E-state index contributed by atoms with van der Waals surface area (Å²) in [5, 5.41) is 8.77. The molecule has 2 nitrogen and oxygen atoms in total. The van der Waals surface area contributed by atoms with E-state index in [4.69, 9.17) is 11.0 Å². The molecule has 1 atom stereocenters. The van der Waals surface area contributed by atoms with Crippen LogP contribution in [0.2, 0.25) is 0 Å². The van der Waals surface area contributed by atoms with Gasteiger partial charge in [-0.2, -0.15) is 5.26 Å². The molecule has 0 radical (unpaired) electrons. The highest BCUT2D eigenvalue weighted by Gasteiger charge is 2.23. The molecule has 0 heterocycles. The number of nitriles is 1. The Kier molecular flexibility index (Phi) is 1.78. The van der Waals surface area contributed by atoms with Crippen LogP contribution in [0.4, 0.5) is 4.39 Å². The second kappa shape index (κ2) is 2.82. The van der Waals surface area contributed by atoms with E-state index in [0.717, 1.165) is 24.0 Å². The van der Waals surface area contributed by atoms with Crippen molar-refractivity contribution in [2.24, 2.45) is 5.73 Å². The highest BCUT2D eigenvalue weighted by molar-refractivity contribution is 5.47. The van der Waals surface area contributed by atoms with Crippen LogP contribution in [0.5, 0.6) is 0 Å². The largest absolute Gasteiger partial charge is 0.324 e. The standard InChI is InChI=1S/C10H9FN2/c11-8-3-6-1-2-9(13)10(6)7(4-8)5-12/h3-4,9H,1-2,13H2. The van der Waals surface area contributed by atoms with Gasteiger partial charge in [-0.1, -0.05) is 0 Å². The van der Waals surface area contributed by atoms with Gasteiger partial charge in [-0.15, -0.1) is 0 Å². The maximum Gasteiger partial charge on any atom is 0.124 e. The number of nitrogens with zero attached hydrogens (tertiary/aromatic N) is 1. The first-order valence-electron chi connectivity index (χ1n) is 4.20. The summed E-state index contributed by atoms with van der Waals surface area (Å²) >= 11 is 0. The first kappa shape index (κ1) is 8.21. The van der Waals surface area contributed by atoms with Gasteiger partial charge >= 0.3 is 0 Å². The average Bonchev–Trinajstić information content (AvgIpc) is 2.46. The summed E-state index contributed by atoms with van der Waals surface area (Å²) in [6.07, 6.45) is 1.59. The van der Waals surface area contributed by atoms with E-state index in [2.05, 4.69) is 0 Å². The predicted octanol–water partition coefficient (Wildman–Crippen LogP) is 1.64. The molecular formula is C10H9FN2. The van der Waals surface area contributed by atoms with Gasteiger partial charge in [-0.3, -0.25) is 0 Å². The summed E-state index contributed by atoms with van der Waals surface area (Å²) < 4.78 is 12.9. The Bertz CT molecular complexity index is 393. The minimum Gasteiger partial charge on any atom is -0.324 e. The Morgan fingerprint density at radius 3 is 3.00 bits per heavy atom. The Morgan fingerprint density at radius 2 is 2.31 bits per heavy atom. The molecule has 1 aromatic rings. The molecule has 1 unspecified atom stereocenters. The van der Waals surface area contributed by atoms with Gasteiger partial charge in [-0.05, 0) is 36.1 Å². The SMILES string of the molecule is N#Cc1cc(F)cc2c1C(N)CC2. The lowest BCUT2D eigenvalue weighted by Crippen LogP contribution is -2.07. The molecule has 13 heavy (non-hydrogen) atoms. The number of hydrogen-bond acceptors (Lipinski definition) is 2. The van der Waals surface area contributed by atoms with Crippen molar-refractivity contribution in [3.8, 4) is 6.07 Å². The van der Waals surface area contributed by atoms with Crippen LogP contribution in [-0.4, -0.2) is 0 Å². The second-order valence-electron chi connectivity index (χ2n) is 3.28. The molecule has 0 saturated heterocycles. The van der Waals surface area contributed by atoms with Crippen LogP contribution >= 0.6 is 0 Å². The number of aryl methyl sites for hydroxylation is 1. The van der Waals surface area contributed by atoms with E-state index in [0.29, 0.717) is 5.56 Å². The molecule has 0 saturated carbocycles. The molecular weight excluding hydrogens is 167 g/mol. The monoisotopic (exact) mass is 176 g/mol. The molecule has 1 aliphatic rings. The third kappa shape index (κ3) is 1.20. The van der Waals surface area contributed by atoms with Gasteiger partial charge in [0.25, 0.3) is 0 Å². The van der Waals surface area contributed by atoms with Crippen molar-refractivity contribution in [1.29, 1.82) is 5.26 Å². The zero-order valence-corrected chi connectivity index (χ0v) is 7.05. The fraction of sp³-hybridized carbons (Fsp3) is 0.300. The number of hydrogen-bond donors (Lipinski definition) is 1. The van der Waals surface area contributed by atoms with Crippen LogP contribution < -0.4 is 5.73 Å². The number of halogens is 1. The summed E-state index contributed by atoms with van der Waals surface area (Å²) in [5.74, 6) is -0.343. The predicted molar refractivity (Wildman–Crippen MR) is 46.4 cm³/mol. The van der Waals surface area contributed by atoms with Crippen LogP contribution in [0, 0.1) is 17.1 Å². The lowest BCUT2D eigenvalue weighted by Gasteiger charge is -2.06. The van der Waals surface area contributed by atoms with E-state index < -0.39 is 0 Å². The fourth-order valence-corrected chi connectivity index (χ4v) is 1.87. The molecule has 0 fully saturated rings. The lowest BCUT2D eigenvalue weighted by atomic mass is 10.0. The van der Waals surface area contributed by atoms with E-state index in [1.807, 2.05) is 6.07 Å². The molecule has 3 heteroatoms. The van der Waals surface area contributed by atoms with Crippen LogP contribution in [0.15, 0.2) is 12.1 Å². The topological polar surface area (TPSA) is 49.8 Å². The molecule has 1 aliphatic carbocycles. The molecule has 0 spiro atoms. The van der Waals surface area contributed by atoms with Crippen LogP contribution in [-0.2, 0) is 6.42 Å². The number of nitrogens with two attached hydrogens (primary N) is 1. The van der Waals surface area contributed by atoms with Gasteiger partial charge in [0.05, 0.1) is 11.6 Å². The highest BCUT2D eigenvalue weighted by atomic mass is 19.1. The van der Waals surface area contributed by atoms with Crippen molar-refractivity contribution in [3.05, 3.63) is 34.6 Å². The van der Waals surface area contributed by atoms with Gasteiger partial charge < -0.3 is 5.73 Å². The Morgan fingerprint density at radius 1 is 1.54 bits per heavy atom. The maximum absolute atomic E-state index is 12.9. The zero-order chi connectivity index (χ0) is 9.42. The van der Waals surface area contributed by atoms with E-state index in [-0.39, 0.29) is 11.9 Å². The van der Waals surface area contributed by atoms with Gasteiger partial charge in [-0.25, -0.2) is 4.39 Å². The van der Waals surface area contributed by atoms with E-state index >= 15 is 0 Å². The summed E-state index contributed by atoms with van der Waals surface area (Å²) in [4.78, 5) is 0. The molecule has 0 aromatic heterocycles. The van der Waals surface area contributed by atoms with Crippen molar-refractivity contribution in [1.82, 2.24) is 0 Å². The molecule has 2 N–H and O–H groups in total. The maximum atomic E-state index is 12.9. The molecule has 0 bridgehead atoms. The van der Waals surface area contributed by atoms with Crippen molar-refractivity contribution in [2.75, 3.05) is 0 Å². The van der Waals surface area contributed by atoms with Crippen molar-refractivity contribution in [2.45, 2.75) is 18.9 Å². The second-order valence-corrected chi connectivity index (χ2v) is 3.28. The van der Waals surface area contributed by atoms with E-state index in [9.17, 15) is 4.39 Å². The normalized spacial score (nSPS) is 19.6. The van der Waals surface area contributed by atoms with Gasteiger partial charge in [0.1, 0.15) is 5.82 Å². The van der Waals surface area contributed by atoms with Crippen molar-refractivity contribution in [3.63, 3.8) is 0 Å². The molecule has 2 rings (SSSR count). The van der Waals surface area contributed by atoms with Gasteiger partial charge in [0.2, 0.25) is 0 Å². The quantitative estimate of drug-likeness (QED) is 0.653. The van der Waals surface area contributed by atoms with Crippen LogP contribution in [0.3, 0.4) is 0 Å². The minimum atomic E-state index is -0.343. The van der Waals surface area contributed by atoms with Crippen LogP contribution in [0.25, 0.3) is 0 Å². The summed E-state index contributed by atoms with van der Waals surface area (Å²) in [6.45, 7) is 0. The van der Waals surface area contributed by atoms with E-state index in [1.165, 1.54) is 12.1 Å². The van der Waals surface area contributed by atoms with E-state index in [1.54, 1.807) is 0 Å². The first-order chi connectivity index (χ1) is 6.22. The molecule has 1 aromatic carbocycles. The van der Waals surface area contributed by atoms with Gasteiger partial charge in [0, 0.05) is 6.04 Å². The Balaban J connectivity index is 2.66. The van der Waals surface area contributed by atoms with Crippen LogP contribution in [0.1, 0.15) is 29.2 Å². The Labute approximate surface area is 75.8 Å². The third-order valence-electron chi connectivity index (χ3n) is 2.45. The summed E-state index contributed by atoms with van der Waals surface area (Å²) in [5.41, 5.74) is 7.92. The summed E-state index contributed by atoms with van der Waals surface area (Å²) in [6, 6.07) is 4.62. The number of rotatable bonds is 0. The molecule has 0 aliphatic heterocycles. The number of benzene rings is 1. The van der Waals surface area contributed by atoms with Gasteiger partial charge in [0.15, 0.2) is 0 Å². The Hall–Kier alpha value is -1.40. The molecule has 66 valence electrons. The average molecular weight is 176 g/mol. The fourth-order valence-electron chi connectivity index (χ4n) is 1.87. The first-order valence-corrected chi connectivity index (χ1v) is 4.20. The third-order valence-corrected chi connectivity index (χ3v) is 2.45. The zero-order valence-electron chi connectivity index (χ0n) is 7.05. The van der Waals surface area contributed by atoms with Crippen molar-refractivity contribution < 1.29 is 4.39 Å². The lowest BCUT2D eigenvalue weighted by molar-refractivity contribution is 0.625. The molecule has 0 amide bonds. The smallest absolute Gasteiger partial charge is 0.124 e. The summed E-state index contributed by atoms with van der Waals surface area (Å²) in [7, 11) is 0. The minimum absolute atomic E-state index is 0.0924. The number of fused-ring (bicyclic) bond motifs is 1. The van der Waals surface area contributed by atoms with Crippen molar-refractivity contribution >= 4 is 0 Å².